The maximum absolute atomic E-state index is 6.28. The standard InChI is InChI=1S/C17H28O2Si/c1-17(2,3)20(4,5)19-13-16-11-15(12-18-16)14-9-7-6-8-10-14/h6-10,15-16H,11-13H2,1-5H3/t15-,16-/m1/s1. The van der Waals surface area contributed by atoms with Gasteiger partial charge >= 0.3 is 0 Å². The minimum atomic E-state index is -1.65. The van der Waals surface area contributed by atoms with Crippen molar-refractivity contribution in [3.05, 3.63) is 35.9 Å². The summed E-state index contributed by atoms with van der Waals surface area (Å²) in [7, 11) is -1.65. The van der Waals surface area contributed by atoms with E-state index in [1.807, 2.05) is 0 Å². The average molecular weight is 292 g/mol. The first-order valence-electron chi connectivity index (χ1n) is 7.60. The first-order chi connectivity index (χ1) is 9.29. The number of ether oxygens (including phenoxy) is 1. The van der Waals surface area contributed by atoms with Gasteiger partial charge in [0, 0.05) is 5.92 Å². The lowest BCUT2D eigenvalue weighted by atomic mass is 9.97. The quantitative estimate of drug-likeness (QED) is 0.756. The zero-order valence-corrected chi connectivity index (χ0v) is 14.5. The molecule has 3 heteroatoms. The lowest BCUT2D eigenvalue weighted by molar-refractivity contribution is 0.0623. The van der Waals surface area contributed by atoms with Crippen molar-refractivity contribution in [2.75, 3.05) is 13.2 Å². The zero-order valence-electron chi connectivity index (χ0n) is 13.5. The van der Waals surface area contributed by atoms with Crippen LogP contribution in [0.3, 0.4) is 0 Å². The Morgan fingerprint density at radius 2 is 1.85 bits per heavy atom. The maximum Gasteiger partial charge on any atom is 0.192 e. The van der Waals surface area contributed by atoms with Gasteiger partial charge in [0.1, 0.15) is 0 Å². The summed E-state index contributed by atoms with van der Waals surface area (Å²) in [6, 6.07) is 10.7. The van der Waals surface area contributed by atoms with E-state index in [1.54, 1.807) is 0 Å². The van der Waals surface area contributed by atoms with E-state index < -0.39 is 8.32 Å². The Morgan fingerprint density at radius 1 is 1.20 bits per heavy atom. The molecule has 20 heavy (non-hydrogen) atoms. The predicted octanol–water partition coefficient (Wildman–Crippen LogP) is 4.58. The van der Waals surface area contributed by atoms with E-state index >= 15 is 0 Å². The Morgan fingerprint density at radius 3 is 2.45 bits per heavy atom. The molecule has 1 aromatic carbocycles. The highest BCUT2D eigenvalue weighted by Gasteiger charge is 2.38. The summed E-state index contributed by atoms with van der Waals surface area (Å²) < 4.78 is 12.2. The van der Waals surface area contributed by atoms with E-state index in [2.05, 4.69) is 64.2 Å². The summed E-state index contributed by atoms with van der Waals surface area (Å²) in [5.41, 5.74) is 1.39. The summed E-state index contributed by atoms with van der Waals surface area (Å²) in [4.78, 5) is 0. The van der Waals surface area contributed by atoms with Crippen molar-refractivity contribution in [3.63, 3.8) is 0 Å². The first-order valence-corrected chi connectivity index (χ1v) is 10.5. The van der Waals surface area contributed by atoms with Gasteiger partial charge in [-0.05, 0) is 30.1 Å². The van der Waals surface area contributed by atoms with Crippen molar-refractivity contribution < 1.29 is 9.16 Å². The predicted molar refractivity (Wildman–Crippen MR) is 86.7 cm³/mol. The fourth-order valence-electron chi connectivity index (χ4n) is 2.30. The average Bonchev–Trinajstić information content (AvgIpc) is 2.85. The van der Waals surface area contributed by atoms with Crippen LogP contribution in [0.5, 0.6) is 0 Å². The topological polar surface area (TPSA) is 18.5 Å². The molecule has 0 unspecified atom stereocenters. The fourth-order valence-corrected chi connectivity index (χ4v) is 3.33. The van der Waals surface area contributed by atoms with Crippen LogP contribution >= 0.6 is 0 Å². The molecule has 0 saturated carbocycles. The van der Waals surface area contributed by atoms with Crippen LogP contribution in [0.1, 0.15) is 38.7 Å². The smallest absolute Gasteiger partial charge is 0.192 e. The SMILES string of the molecule is CC(C)(C)[Si](C)(C)OC[C@H]1C[C@@H](c2ccccc2)CO1. The third-order valence-electron chi connectivity index (χ3n) is 4.79. The molecular weight excluding hydrogens is 264 g/mol. The minimum absolute atomic E-state index is 0.259. The van der Waals surface area contributed by atoms with E-state index in [4.69, 9.17) is 9.16 Å². The highest BCUT2D eigenvalue weighted by molar-refractivity contribution is 6.74. The van der Waals surface area contributed by atoms with Gasteiger partial charge in [0.15, 0.2) is 8.32 Å². The Balaban J connectivity index is 1.86. The van der Waals surface area contributed by atoms with Crippen LogP contribution in [0.15, 0.2) is 30.3 Å². The Kier molecular flexibility index (Phi) is 4.72. The van der Waals surface area contributed by atoms with Crippen LogP contribution in [0.4, 0.5) is 0 Å². The Bertz CT molecular complexity index is 422. The molecule has 1 saturated heterocycles. The van der Waals surface area contributed by atoms with E-state index in [1.165, 1.54) is 5.56 Å². The van der Waals surface area contributed by atoms with Crippen molar-refractivity contribution in [1.29, 1.82) is 0 Å². The molecule has 2 rings (SSSR count). The van der Waals surface area contributed by atoms with Gasteiger partial charge in [-0.25, -0.2) is 0 Å². The largest absolute Gasteiger partial charge is 0.414 e. The van der Waals surface area contributed by atoms with Crippen molar-refractivity contribution in [2.45, 2.75) is 57.3 Å². The first kappa shape index (κ1) is 15.7. The molecule has 1 aromatic rings. The second-order valence-corrected chi connectivity index (χ2v) is 12.2. The summed E-state index contributed by atoms with van der Waals surface area (Å²) in [5, 5.41) is 0.268. The van der Waals surface area contributed by atoms with Gasteiger partial charge in [0.25, 0.3) is 0 Å². The monoisotopic (exact) mass is 292 g/mol. The summed E-state index contributed by atoms with van der Waals surface area (Å²) in [6.07, 6.45) is 1.34. The van der Waals surface area contributed by atoms with E-state index in [0.29, 0.717) is 5.92 Å². The van der Waals surface area contributed by atoms with Crippen molar-refractivity contribution in [1.82, 2.24) is 0 Å². The molecule has 1 aliphatic rings. The molecule has 1 fully saturated rings. The van der Waals surface area contributed by atoms with E-state index in [9.17, 15) is 0 Å². The lowest BCUT2D eigenvalue weighted by Crippen LogP contribution is -2.42. The van der Waals surface area contributed by atoms with Gasteiger partial charge in [0.05, 0.1) is 19.3 Å². The molecule has 1 heterocycles. The van der Waals surface area contributed by atoms with Crippen LogP contribution in [0.2, 0.25) is 18.1 Å². The van der Waals surface area contributed by atoms with Gasteiger partial charge in [-0.1, -0.05) is 51.1 Å². The fraction of sp³-hybridized carbons (Fsp3) is 0.647. The van der Waals surface area contributed by atoms with Crippen LogP contribution in [0, 0.1) is 0 Å². The zero-order chi connectivity index (χ0) is 14.8. The van der Waals surface area contributed by atoms with Crippen molar-refractivity contribution in [3.8, 4) is 0 Å². The number of hydrogen-bond donors (Lipinski definition) is 0. The third-order valence-corrected chi connectivity index (χ3v) is 9.29. The molecule has 112 valence electrons. The second kappa shape index (κ2) is 6.00. The van der Waals surface area contributed by atoms with Gasteiger partial charge < -0.3 is 9.16 Å². The second-order valence-electron chi connectivity index (χ2n) is 7.37. The van der Waals surface area contributed by atoms with Crippen LogP contribution in [-0.4, -0.2) is 27.6 Å². The summed E-state index contributed by atoms with van der Waals surface area (Å²) in [5.74, 6) is 0.532. The Labute approximate surface area is 124 Å². The number of hydrogen-bond acceptors (Lipinski definition) is 2. The molecule has 0 radical (unpaired) electrons. The van der Waals surface area contributed by atoms with Gasteiger partial charge in [-0.3, -0.25) is 0 Å². The van der Waals surface area contributed by atoms with E-state index in [-0.39, 0.29) is 11.1 Å². The molecular formula is C17H28O2Si. The van der Waals surface area contributed by atoms with Crippen molar-refractivity contribution >= 4 is 8.32 Å². The molecule has 0 amide bonds. The molecule has 0 aliphatic carbocycles. The van der Waals surface area contributed by atoms with Gasteiger partial charge in [-0.2, -0.15) is 0 Å². The molecule has 1 aliphatic heterocycles. The molecule has 2 atom stereocenters. The normalized spacial score (nSPS) is 24.1. The Hall–Kier alpha value is -0.643. The van der Waals surface area contributed by atoms with E-state index in [0.717, 1.165) is 19.6 Å². The number of benzene rings is 1. The molecule has 2 nitrogen and oxygen atoms in total. The van der Waals surface area contributed by atoms with Crippen LogP contribution in [0.25, 0.3) is 0 Å². The molecule has 0 spiro atoms. The van der Waals surface area contributed by atoms with Gasteiger partial charge in [-0.15, -0.1) is 0 Å². The third kappa shape index (κ3) is 3.71. The number of rotatable bonds is 4. The molecule has 0 N–H and O–H groups in total. The minimum Gasteiger partial charge on any atom is -0.414 e. The highest BCUT2D eigenvalue weighted by atomic mass is 28.4. The van der Waals surface area contributed by atoms with Gasteiger partial charge in [0.2, 0.25) is 0 Å². The molecule has 0 aromatic heterocycles. The van der Waals surface area contributed by atoms with Crippen LogP contribution in [-0.2, 0) is 9.16 Å². The highest BCUT2D eigenvalue weighted by Crippen LogP contribution is 2.37. The van der Waals surface area contributed by atoms with Crippen molar-refractivity contribution in [2.24, 2.45) is 0 Å². The molecule has 0 bridgehead atoms. The summed E-state index contributed by atoms with van der Waals surface area (Å²) in [6.45, 7) is 13.0. The maximum atomic E-state index is 6.28. The van der Waals surface area contributed by atoms with Crippen LogP contribution < -0.4 is 0 Å². The lowest BCUT2D eigenvalue weighted by Gasteiger charge is -2.36. The summed E-state index contributed by atoms with van der Waals surface area (Å²) >= 11 is 0.